The molecule has 0 amide bonds. The minimum absolute atomic E-state index is 0.0210. The van der Waals surface area contributed by atoms with Crippen molar-refractivity contribution < 1.29 is 31.1 Å². The normalized spacial score (nSPS) is 11.8. The summed E-state index contributed by atoms with van der Waals surface area (Å²) in [6, 6.07) is 8.13. The van der Waals surface area contributed by atoms with Crippen LogP contribution in [0.2, 0.25) is 0 Å². The van der Waals surface area contributed by atoms with E-state index in [4.69, 9.17) is 10.5 Å². The van der Waals surface area contributed by atoms with Crippen LogP contribution in [-0.4, -0.2) is 46.2 Å². The maximum absolute atomic E-state index is 15.0. The topological polar surface area (TPSA) is 136 Å². The highest BCUT2D eigenvalue weighted by Gasteiger charge is 2.26. The monoisotopic (exact) mass is 598 g/mol. The molecule has 0 atom stereocenters. The SMILES string of the molecule is Cc1cc(Oc2c(F)cccc2F)ncc1-n1ncc(C(=O)c2cc3cc(F)c(N(C(C)C)S(C)(=O)=O)cc3[nH]2)c1N. The number of nitrogens with one attached hydrogen (secondary N) is 1. The number of para-hydroxylation sites is 1. The molecule has 0 saturated carbocycles. The minimum Gasteiger partial charge on any atom is -0.433 e. The quantitative estimate of drug-likeness (QED) is 0.233. The van der Waals surface area contributed by atoms with Crippen molar-refractivity contribution in [3.05, 3.63) is 89.1 Å². The average molecular weight is 599 g/mol. The number of aromatic nitrogens is 4. The number of hydrogen-bond donors (Lipinski definition) is 2. The number of aromatic amines is 1. The Morgan fingerprint density at radius 1 is 1.07 bits per heavy atom. The predicted octanol–water partition coefficient (Wildman–Crippen LogP) is 5.25. The number of carbonyl (C=O) groups excluding carboxylic acids is 1. The van der Waals surface area contributed by atoms with Crippen LogP contribution in [0.15, 0.2) is 54.9 Å². The molecule has 3 aromatic heterocycles. The van der Waals surface area contributed by atoms with E-state index in [2.05, 4.69) is 15.1 Å². The van der Waals surface area contributed by atoms with E-state index in [1.54, 1.807) is 20.8 Å². The summed E-state index contributed by atoms with van der Waals surface area (Å²) in [5.74, 6) is -3.77. The highest BCUT2D eigenvalue weighted by atomic mass is 32.2. The number of benzene rings is 2. The third-order valence-electron chi connectivity index (χ3n) is 6.46. The molecule has 0 saturated heterocycles. The van der Waals surface area contributed by atoms with Crippen LogP contribution >= 0.6 is 0 Å². The lowest BCUT2D eigenvalue weighted by Gasteiger charge is -2.26. The van der Waals surface area contributed by atoms with E-state index in [1.165, 1.54) is 41.3 Å². The second kappa shape index (κ2) is 10.5. The number of nitrogen functional groups attached to an aromatic ring is 1. The molecule has 0 bridgehead atoms. The van der Waals surface area contributed by atoms with E-state index in [0.29, 0.717) is 22.2 Å². The molecule has 42 heavy (non-hydrogen) atoms. The first-order valence-electron chi connectivity index (χ1n) is 12.5. The second-order valence-electron chi connectivity index (χ2n) is 9.87. The van der Waals surface area contributed by atoms with Gasteiger partial charge >= 0.3 is 0 Å². The van der Waals surface area contributed by atoms with Crippen LogP contribution < -0.4 is 14.8 Å². The van der Waals surface area contributed by atoms with Gasteiger partial charge in [-0.25, -0.2) is 31.3 Å². The molecule has 3 N–H and O–H groups in total. The van der Waals surface area contributed by atoms with E-state index in [1.807, 2.05) is 0 Å². The van der Waals surface area contributed by atoms with Gasteiger partial charge < -0.3 is 15.5 Å². The number of nitrogens with two attached hydrogens (primary N) is 1. The molecule has 0 aliphatic heterocycles. The number of ether oxygens (including phenoxy) is 1. The summed E-state index contributed by atoms with van der Waals surface area (Å²) < 4.78 is 75.1. The molecule has 2 aromatic carbocycles. The summed E-state index contributed by atoms with van der Waals surface area (Å²) in [5.41, 5.74) is 7.50. The number of H-pyrrole nitrogens is 1. The molecule has 218 valence electrons. The fraction of sp³-hybridized carbons (Fsp3) is 0.179. The zero-order chi connectivity index (χ0) is 30.5. The third kappa shape index (κ3) is 5.16. The lowest BCUT2D eigenvalue weighted by Crippen LogP contribution is -2.36. The molecule has 0 aliphatic carbocycles. The summed E-state index contributed by atoms with van der Waals surface area (Å²) in [5, 5.41) is 4.56. The summed E-state index contributed by atoms with van der Waals surface area (Å²) in [4.78, 5) is 20.4. The first-order chi connectivity index (χ1) is 19.8. The first kappa shape index (κ1) is 28.7. The maximum atomic E-state index is 15.0. The lowest BCUT2D eigenvalue weighted by atomic mass is 10.1. The largest absolute Gasteiger partial charge is 0.433 e. The van der Waals surface area contributed by atoms with E-state index < -0.39 is 45.0 Å². The Morgan fingerprint density at radius 2 is 1.76 bits per heavy atom. The van der Waals surface area contributed by atoms with Crippen LogP contribution in [-0.2, 0) is 10.0 Å². The van der Waals surface area contributed by atoms with Gasteiger partial charge in [0.2, 0.25) is 27.4 Å². The second-order valence-corrected chi connectivity index (χ2v) is 11.7. The van der Waals surface area contributed by atoms with Gasteiger partial charge in [-0.3, -0.25) is 9.10 Å². The number of aryl methyl sites for hydroxylation is 1. The molecule has 5 rings (SSSR count). The minimum atomic E-state index is -3.78. The Balaban J connectivity index is 1.45. The van der Waals surface area contributed by atoms with E-state index in [-0.39, 0.29) is 28.6 Å². The number of hydrogen-bond acceptors (Lipinski definition) is 7. The van der Waals surface area contributed by atoms with Crippen molar-refractivity contribution in [2.24, 2.45) is 0 Å². The zero-order valence-corrected chi connectivity index (χ0v) is 23.6. The molecule has 0 radical (unpaired) electrons. The molecular formula is C28H25F3N6O4S. The molecule has 5 aromatic rings. The van der Waals surface area contributed by atoms with Crippen molar-refractivity contribution in [1.82, 2.24) is 19.7 Å². The molecule has 0 unspecified atom stereocenters. The maximum Gasteiger partial charge on any atom is 0.232 e. The van der Waals surface area contributed by atoms with Crippen molar-refractivity contribution in [2.45, 2.75) is 26.8 Å². The fourth-order valence-corrected chi connectivity index (χ4v) is 5.89. The fourth-order valence-electron chi connectivity index (χ4n) is 4.63. The zero-order valence-electron chi connectivity index (χ0n) is 22.8. The van der Waals surface area contributed by atoms with Crippen molar-refractivity contribution >= 4 is 38.2 Å². The predicted molar refractivity (Wildman–Crippen MR) is 151 cm³/mol. The Morgan fingerprint density at radius 3 is 2.38 bits per heavy atom. The standard InChI is InChI=1S/C28H25F3N6O4S/c1-14(2)37(42(4,39)40)23-11-21-16(9-20(23)31)10-22(35-21)26(38)17-12-34-36(28(17)32)24-13-33-25(8-15(24)3)41-27-18(29)6-5-7-19(27)30/h5-14,35H,32H2,1-4H3. The molecular weight excluding hydrogens is 573 g/mol. The molecule has 0 fully saturated rings. The Labute approximate surface area is 238 Å². The first-order valence-corrected chi connectivity index (χ1v) is 14.4. The van der Waals surface area contributed by atoms with E-state index in [0.717, 1.165) is 28.8 Å². The number of anilines is 2. The van der Waals surface area contributed by atoms with Gasteiger partial charge in [0, 0.05) is 23.0 Å². The molecule has 0 aliphatic rings. The van der Waals surface area contributed by atoms with Crippen molar-refractivity contribution in [3.8, 4) is 17.3 Å². The van der Waals surface area contributed by atoms with Gasteiger partial charge in [-0.05, 0) is 56.7 Å². The summed E-state index contributed by atoms with van der Waals surface area (Å²) in [7, 11) is -3.78. The highest BCUT2D eigenvalue weighted by molar-refractivity contribution is 7.92. The number of pyridine rings is 1. The smallest absolute Gasteiger partial charge is 0.232 e. The number of sulfonamides is 1. The van der Waals surface area contributed by atoms with Crippen molar-refractivity contribution in [3.63, 3.8) is 0 Å². The van der Waals surface area contributed by atoms with Gasteiger partial charge in [0.05, 0.1) is 41.3 Å². The lowest BCUT2D eigenvalue weighted by molar-refractivity contribution is 0.103. The van der Waals surface area contributed by atoms with Gasteiger partial charge in [0.25, 0.3) is 0 Å². The van der Waals surface area contributed by atoms with Crippen molar-refractivity contribution in [2.75, 3.05) is 16.3 Å². The number of rotatable bonds is 8. The van der Waals surface area contributed by atoms with Crippen LogP contribution in [0.4, 0.5) is 24.7 Å². The van der Waals surface area contributed by atoms with Gasteiger partial charge in [0.1, 0.15) is 11.6 Å². The average Bonchev–Trinajstić information content (AvgIpc) is 3.48. The molecule has 0 spiro atoms. The molecule has 14 heteroatoms. The van der Waals surface area contributed by atoms with E-state index >= 15 is 0 Å². The summed E-state index contributed by atoms with van der Waals surface area (Å²) >= 11 is 0. The van der Waals surface area contributed by atoms with Crippen molar-refractivity contribution in [1.29, 1.82) is 0 Å². The molecule has 3 heterocycles. The van der Waals surface area contributed by atoms with Crippen LogP contribution in [0.25, 0.3) is 16.6 Å². The summed E-state index contributed by atoms with van der Waals surface area (Å²) in [6.07, 6.45) is 3.58. The number of halogens is 3. The Kier molecular flexibility index (Phi) is 7.18. The van der Waals surface area contributed by atoms with Crippen LogP contribution in [0.3, 0.4) is 0 Å². The number of fused-ring (bicyclic) bond motifs is 1. The van der Waals surface area contributed by atoms with Crippen LogP contribution in [0, 0.1) is 24.4 Å². The van der Waals surface area contributed by atoms with Gasteiger partial charge in [-0.2, -0.15) is 5.10 Å². The third-order valence-corrected chi connectivity index (χ3v) is 7.79. The Bertz CT molecular complexity index is 1950. The number of ketones is 1. The van der Waals surface area contributed by atoms with Gasteiger partial charge in [-0.15, -0.1) is 0 Å². The Hall–Kier alpha value is -4.85. The number of carbonyl (C=O) groups is 1. The molecule has 10 nitrogen and oxygen atoms in total. The summed E-state index contributed by atoms with van der Waals surface area (Å²) in [6.45, 7) is 4.91. The highest BCUT2D eigenvalue weighted by Crippen LogP contribution is 2.32. The number of nitrogens with zero attached hydrogens (tertiary/aromatic N) is 4. The van der Waals surface area contributed by atoms with Gasteiger partial charge in [0.15, 0.2) is 11.6 Å². The van der Waals surface area contributed by atoms with Gasteiger partial charge in [-0.1, -0.05) is 6.07 Å². The van der Waals surface area contributed by atoms with Crippen LogP contribution in [0.5, 0.6) is 11.6 Å². The van der Waals surface area contributed by atoms with E-state index in [9.17, 15) is 26.4 Å². The van der Waals surface area contributed by atoms with Crippen LogP contribution in [0.1, 0.15) is 35.5 Å².